The Morgan fingerprint density at radius 1 is 1.35 bits per heavy atom. The van der Waals surface area contributed by atoms with Gasteiger partial charge in [-0.1, -0.05) is 18.2 Å². The summed E-state index contributed by atoms with van der Waals surface area (Å²) in [5, 5.41) is 3.97. The molecule has 2 heterocycles. The van der Waals surface area contributed by atoms with E-state index in [2.05, 4.69) is 5.10 Å². The molecule has 3 rings (SSSR count). The van der Waals surface area contributed by atoms with Gasteiger partial charge in [0.25, 0.3) is 5.91 Å². The topological polar surface area (TPSA) is 38.1 Å². The number of alkyl halides is 3. The molecule has 2 aromatic rings. The van der Waals surface area contributed by atoms with Crippen LogP contribution in [-0.2, 0) is 13.2 Å². The number of benzene rings is 1. The molecule has 7 heteroatoms. The van der Waals surface area contributed by atoms with E-state index in [1.54, 1.807) is 28.9 Å². The molecule has 1 saturated heterocycles. The lowest BCUT2D eigenvalue weighted by Gasteiger charge is -2.16. The lowest BCUT2D eigenvalue weighted by molar-refractivity contribution is -0.137. The maximum Gasteiger partial charge on any atom is 0.416 e. The smallest absolute Gasteiger partial charge is 0.338 e. The largest absolute Gasteiger partial charge is 0.416 e. The van der Waals surface area contributed by atoms with E-state index in [4.69, 9.17) is 0 Å². The Labute approximate surface area is 131 Å². The van der Waals surface area contributed by atoms with Crippen molar-refractivity contribution in [2.24, 2.45) is 7.05 Å². The van der Waals surface area contributed by atoms with Crippen molar-refractivity contribution in [1.82, 2.24) is 14.7 Å². The van der Waals surface area contributed by atoms with Gasteiger partial charge in [0.05, 0.1) is 17.3 Å². The fourth-order valence-electron chi connectivity index (χ4n) is 2.90. The number of rotatable bonds is 2. The van der Waals surface area contributed by atoms with Crippen molar-refractivity contribution in [3.8, 4) is 0 Å². The SMILES string of the molecule is Cn1cc(C(=O)N2CC[C@@H](c3cccc(C(F)(F)F)c3)C2)cn1. The molecule has 1 amide bonds. The molecule has 23 heavy (non-hydrogen) atoms. The van der Waals surface area contributed by atoms with E-state index in [9.17, 15) is 18.0 Å². The molecule has 1 aliphatic heterocycles. The molecule has 0 bridgehead atoms. The van der Waals surface area contributed by atoms with Crippen molar-refractivity contribution >= 4 is 5.91 Å². The second kappa shape index (κ2) is 5.72. The molecule has 0 N–H and O–H groups in total. The van der Waals surface area contributed by atoms with Gasteiger partial charge in [0.1, 0.15) is 0 Å². The summed E-state index contributed by atoms with van der Waals surface area (Å²) in [6.45, 7) is 0.962. The van der Waals surface area contributed by atoms with Gasteiger partial charge >= 0.3 is 6.18 Å². The van der Waals surface area contributed by atoms with Crippen LogP contribution in [0.4, 0.5) is 13.2 Å². The first-order valence-electron chi connectivity index (χ1n) is 7.29. The number of halogens is 3. The zero-order valence-electron chi connectivity index (χ0n) is 12.5. The van der Waals surface area contributed by atoms with Gasteiger partial charge < -0.3 is 4.90 Å². The normalized spacial score (nSPS) is 18.4. The van der Waals surface area contributed by atoms with Crippen LogP contribution in [-0.4, -0.2) is 33.7 Å². The molecule has 1 aromatic heterocycles. The average molecular weight is 323 g/mol. The third-order valence-electron chi connectivity index (χ3n) is 4.11. The van der Waals surface area contributed by atoms with Crippen molar-refractivity contribution in [1.29, 1.82) is 0 Å². The van der Waals surface area contributed by atoms with Gasteiger partial charge in [0, 0.05) is 32.3 Å². The van der Waals surface area contributed by atoms with E-state index in [0.717, 1.165) is 6.07 Å². The second-order valence-electron chi connectivity index (χ2n) is 5.76. The average Bonchev–Trinajstić information content (AvgIpc) is 3.15. The van der Waals surface area contributed by atoms with Gasteiger partial charge in [0.15, 0.2) is 0 Å². The highest BCUT2D eigenvalue weighted by molar-refractivity contribution is 5.94. The van der Waals surface area contributed by atoms with E-state index in [1.807, 2.05) is 0 Å². The number of nitrogens with zero attached hydrogens (tertiary/aromatic N) is 3. The van der Waals surface area contributed by atoms with Crippen LogP contribution >= 0.6 is 0 Å². The van der Waals surface area contributed by atoms with E-state index >= 15 is 0 Å². The number of amides is 1. The van der Waals surface area contributed by atoms with Gasteiger partial charge in [-0.25, -0.2) is 0 Å². The van der Waals surface area contributed by atoms with Crippen molar-refractivity contribution < 1.29 is 18.0 Å². The molecule has 1 atom stereocenters. The van der Waals surface area contributed by atoms with Gasteiger partial charge in [-0.15, -0.1) is 0 Å². The summed E-state index contributed by atoms with van der Waals surface area (Å²) >= 11 is 0. The number of hydrogen-bond acceptors (Lipinski definition) is 2. The van der Waals surface area contributed by atoms with Crippen molar-refractivity contribution in [3.63, 3.8) is 0 Å². The number of likely N-dealkylation sites (tertiary alicyclic amines) is 1. The summed E-state index contributed by atoms with van der Waals surface area (Å²) in [7, 11) is 1.73. The van der Waals surface area contributed by atoms with Crippen LogP contribution in [0, 0.1) is 0 Å². The predicted molar refractivity (Wildman–Crippen MR) is 77.9 cm³/mol. The van der Waals surface area contributed by atoms with Crippen molar-refractivity contribution in [2.45, 2.75) is 18.5 Å². The summed E-state index contributed by atoms with van der Waals surface area (Å²) in [5.74, 6) is -0.203. The summed E-state index contributed by atoms with van der Waals surface area (Å²) in [6, 6.07) is 5.36. The number of carbonyl (C=O) groups is 1. The standard InChI is InChI=1S/C16H16F3N3O/c1-21-9-13(8-20-21)15(23)22-6-5-12(10-22)11-3-2-4-14(7-11)16(17,18)19/h2-4,7-9,12H,5-6,10H2,1H3/t12-/m1/s1. The van der Waals surface area contributed by atoms with Crippen LogP contribution in [0.3, 0.4) is 0 Å². The maximum atomic E-state index is 12.8. The Morgan fingerprint density at radius 3 is 2.78 bits per heavy atom. The molecule has 1 fully saturated rings. The molecule has 0 radical (unpaired) electrons. The highest BCUT2D eigenvalue weighted by atomic mass is 19.4. The van der Waals surface area contributed by atoms with E-state index in [1.165, 1.54) is 18.3 Å². The first-order chi connectivity index (χ1) is 10.8. The fraction of sp³-hybridized carbons (Fsp3) is 0.375. The van der Waals surface area contributed by atoms with Gasteiger partial charge in [-0.3, -0.25) is 9.48 Å². The molecule has 0 unspecified atom stereocenters. The Kier molecular flexibility index (Phi) is 3.87. The lowest BCUT2D eigenvalue weighted by atomic mass is 9.96. The third kappa shape index (κ3) is 3.23. The van der Waals surface area contributed by atoms with Crippen LogP contribution < -0.4 is 0 Å². The molecule has 1 aromatic carbocycles. The van der Waals surface area contributed by atoms with Gasteiger partial charge in [-0.2, -0.15) is 18.3 Å². The monoisotopic (exact) mass is 323 g/mol. The number of carbonyl (C=O) groups excluding carboxylic acids is 1. The minimum atomic E-state index is -4.35. The Hall–Kier alpha value is -2.31. The van der Waals surface area contributed by atoms with E-state index in [0.29, 0.717) is 30.6 Å². The zero-order chi connectivity index (χ0) is 16.6. The lowest BCUT2D eigenvalue weighted by Crippen LogP contribution is -2.28. The van der Waals surface area contributed by atoms with E-state index in [-0.39, 0.29) is 11.8 Å². The molecular formula is C16H16F3N3O. The Bertz CT molecular complexity index is 723. The fourth-order valence-corrected chi connectivity index (χ4v) is 2.90. The maximum absolute atomic E-state index is 12.8. The van der Waals surface area contributed by atoms with E-state index < -0.39 is 11.7 Å². The quantitative estimate of drug-likeness (QED) is 0.852. The highest BCUT2D eigenvalue weighted by Gasteiger charge is 2.33. The molecule has 0 spiro atoms. The molecule has 122 valence electrons. The minimum absolute atomic E-state index is 0.0714. The minimum Gasteiger partial charge on any atom is -0.338 e. The Morgan fingerprint density at radius 2 is 2.13 bits per heavy atom. The molecule has 0 saturated carbocycles. The van der Waals surface area contributed by atoms with Gasteiger partial charge in [-0.05, 0) is 18.1 Å². The molecule has 1 aliphatic rings. The summed E-state index contributed by atoms with van der Waals surface area (Å²) in [5.41, 5.74) is 0.477. The Balaban J connectivity index is 1.74. The van der Waals surface area contributed by atoms with Crippen LogP contribution in [0.5, 0.6) is 0 Å². The van der Waals surface area contributed by atoms with Gasteiger partial charge in [0.2, 0.25) is 0 Å². The summed E-state index contributed by atoms with van der Waals surface area (Å²) < 4.78 is 40.0. The first kappa shape index (κ1) is 15.6. The summed E-state index contributed by atoms with van der Waals surface area (Å²) in [6.07, 6.45) is -0.549. The number of aryl methyl sites for hydroxylation is 1. The molecular weight excluding hydrogens is 307 g/mol. The first-order valence-corrected chi connectivity index (χ1v) is 7.29. The number of aromatic nitrogens is 2. The highest BCUT2D eigenvalue weighted by Crippen LogP contribution is 2.34. The third-order valence-corrected chi connectivity index (χ3v) is 4.11. The zero-order valence-corrected chi connectivity index (χ0v) is 12.5. The summed E-state index contributed by atoms with van der Waals surface area (Å²) in [4.78, 5) is 14.0. The van der Waals surface area contributed by atoms with Crippen LogP contribution in [0.1, 0.15) is 33.8 Å². The predicted octanol–water partition coefficient (Wildman–Crippen LogP) is 3.07. The van der Waals surface area contributed by atoms with Crippen LogP contribution in [0.25, 0.3) is 0 Å². The van der Waals surface area contributed by atoms with Crippen LogP contribution in [0.2, 0.25) is 0 Å². The van der Waals surface area contributed by atoms with Crippen molar-refractivity contribution in [2.75, 3.05) is 13.1 Å². The van der Waals surface area contributed by atoms with Crippen molar-refractivity contribution in [3.05, 3.63) is 53.3 Å². The molecule has 0 aliphatic carbocycles. The number of hydrogen-bond donors (Lipinski definition) is 0. The van der Waals surface area contributed by atoms with Crippen LogP contribution in [0.15, 0.2) is 36.7 Å². The second-order valence-corrected chi connectivity index (χ2v) is 5.76. The molecule has 4 nitrogen and oxygen atoms in total.